The zero-order chi connectivity index (χ0) is 14.7. The first-order chi connectivity index (χ1) is 10.3. The molecule has 3 aromatic heterocycles. The number of nitrogens with zero attached hydrogens (tertiary/aromatic N) is 3. The lowest BCUT2D eigenvalue weighted by atomic mass is 10.4. The molecule has 0 atom stereocenters. The summed E-state index contributed by atoms with van der Waals surface area (Å²) in [4.78, 5) is 25.5. The molecule has 0 radical (unpaired) electrons. The van der Waals surface area contributed by atoms with E-state index in [0.717, 1.165) is 10.5 Å². The van der Waals surface area contributed by atoms with E-state index in [1.54, 1.807) is 17.5 Å². The Morgan fingerprint density at radius 3 is 2.95 bits per heavy atom. The summed E-state index contributed by atoms with van der Waals surface area (Å²) >= 11 is 2.96. The van der Waals surface area contributed by atoms with Crippen molar-refractivity contribution in [3.8, 4) is 0 Å². The molecule has 6 nitrogen and oxygen atoms in total. The molecule has 0 saturated carbocycles. The second-order valence-corrected chi connectivity index (χ2v) is 6.40. The molecule has 0 aliphatic rings. The van der Waals surface area contributed by atoms with Gasteiger partial charge in [-0.05, 0) is 11.4 Å². The van der Waals surface area contributed by atoms with Gasteiger partial charge in [-0.1, -0.05) is 0 Å². The van der Waals surface area contributed by atoms with Gasteiger partial charge in [-0.3, -0.25) is 9.69 Å². The summed E-state index contributed by atoms with van der Waals surface area (Å²) in [5.74, 6) is 0.607. The highest BCUT2D eigenvalue weighted by atomic mass is 32.1. The average molecular weight is 322 g/mol. The first-order valence-electron chi connectivity index (χ1n) is 6.44. The van der Waals surface area contributed by atoms with Crippen LogP contribution in [0.25, 0.3) is 10.2 Å². The minimum Gasteiger partial charge on any atom is -0.395 e. The van der Waals surface area contributed by atoms with Crippen molar-refractivity contribution in [2.24, 2.45) is 0 Å². The fourth-order valence-corrected chi connectivity index (χ4v) is 3.47. The second-order valence-electron chi connectivity index (χ2n) is 4.51. The smallest absolute Gasteiger partial charge is 0.268 e. The average Bonchev–Trinajstić information content (AvgIpc) is 3.10. The van der Waals surface area contributed by atoms with Crippen molar-refractivity contribution in [3.05, 3.63) is 44.2 Å². The predicted molar refractivity (Wildman–Crippen MR) is 83.6 cm³/mol. The van der Waals surface area contributed by atoms with E-state index in [4.69, 9.17) is 0 Å². The molecule has 8 heteroatoms. The zero-order valence-electron chi connectivity index (χ0n) is 11.2. The van der Waals surface area contributed by atoms with Gasteiger partial charge in [0, 0.05) is 18.1 Å². The van der Waals surface area contributed by atoms with Crippen LogP contribution in [0.5, 0.6) is 0 Å². The lowest BCUT2D eigenvalue weighted by Gasteiger charge is -2.19. The third kappa shape index (κ3) is 3.35. The van der Waals surface area contributed by atoms with Gasteiger partial charge in [0.15, 0.2) is 0 Å². The van der Waals surface area contributed by atoms with Gasteiger partial charge >= 0.3 is 0 Å². The van der Waals surface area contributed by atoms with E-state index in [0.29, 0.717) is 30.2 Å². The molecule has 0 aliphatic heterocycles. The van der Waals surface area contributed by atoms with E-state index >= 15 is 0 Å². The Bertz CT molecular complexity index is 766. The van der Waals surface area contributed by atoms with Crippen LogP contribution in [0.15, 0.2) is 27.8 Å². The molecule has 3 rings (SSSR count). The molecule has 0 spiro atoms. The van der Waals surface area contributed by atoms with Gasteiger partial charge in [0.2, 0.25) is 0 Å². The van der Waals surface area contributed by atoms with Crippen LogP contribution in [0, 0.1) is 0 Å². The van der Waals surface area contributed by atoms with Crippen LogP contribution in [0.4, 0.5) is 0 Å². The fourth-order valence-electron chi connectivity index (χ4n) is 2.09. The van der Waals surface area contributed by atoms with Crippen LogP contribution in [-0.4, -0.2) is 38.1 Å². The van der Waals surface area contributed by atoms with Crippen LogP contribution in [0.1, 0.15) is 10.8 Å². The van der Waals surface area contributed by atoms with Crippen LogP contribution in [-0.2, 0) is 13.1 Å². The predicted octanol–water partition coefficient (Wildman–Crippen LogP) is 1.44. The molecule has 3 aromatic rings. The maximum Gasteiger partial charge on any atom is 0.268 e. The van der Waals surface area contributed by atoms with Gasteiger partial charge in [0.25, 0.3) is 5.56 Å². The van der Waals surface area contributed by atoms with E-state index in [2.05, 4.69) is 15.0 Å². The molecule has 0 unspecified atom stereocenters. The maximum atomic E-state index is 12.0. The molecule has 0 amide bonds. The highest BCUT2D eigenvalue weighted by Gasteiger charge is 2.11. The van der Waals surface area contributed by atoms with Gasteiger partial charge < -0.3 is 10.1 Å². The normalized spacial score (nSPS) is 11.5. The summed E-state index contributed by atoms with van der Waals surface area (Å²) in [5, 5.41) is 13.9. The standard InChI is InChI=1S/C13H14N4O2S2/c18-4-3-17(8-11-14-2-6-20-11)7-10-15-9-1-5-21-12(9)13(19)16-10/h1-2,5-6,18H,3-4,7-8H2,(H,15,16,19). The van der Waals surface area contributed by atoms with Crippen molar-refractivity contribution >= 4 is 32.9 Å². The van der Waals surface area contributed by atoms with Gasteiger partial charge in [-0.25, -0.2) is 9.97 Å². The topological polar surface area (TPSA) is 82.1 Å². The third-order valence-electron chi connectivity index (χ3n) is 3.00. The Hall–Kier alpha value is -1.61. The number of aliphatic hydroxyl groups is 1. The maximum absolute atomic E-state index is 12.0. The number of thiazole rings is 1. The van der Waals surface area contributed by atoms with Gasteiger partial charge in [-0.15, -0.1) is 22.7 Å². The number of rotatable bonds is 6. The van der Waals surface area contributed by atoms with Crippen molar-refractivity contribution in [1.29, 1.82) is 0 Å². The zero-order valence-corrected chi connectivity index (χ0v) is 12.8. The first-order valence-corrected chi connectivity index (χ1v) is 8.20. The van der Waals surface area contributed by atoms with E-state index in [9.17, 15) is 9.90 Å². The number of thiophene rings is 1. The Kier molecular flexibility index (Phi) is 4.39. The quantitative estimate of drug-likeness (QED) is 0.717. The van der Waals surface area contributed by atoms with E-state index < -0.39 is 0 Å². The minimum absolute atomic E-state index is 0.0519. The fraction of sp³-hybridized carbons (Fsp3) is 0.308. The van der Waals surface area contributed by atoms with E-state index in [-0.39, 0.29) is 12.2 Å². The Morgan fingerprint density at radius 2 is 2.19 bits per heavy atom. The van der Waals surface area contributed by atoms with Gasteiger partial charge in [0.05, 0.1) is 25.2 Å². The largest absolute Gasteiger partial charge is 0.395 e. The summed E-state index contributed by atoms with van der Waals surface area (Å²) in [5.41, 5.74) is 0.611. The summed E-state index contributed by atoms with van der Waals surface area (Å²) in [6.45, 7) is 1.66. The molecule has 110 valence electrons. The molecule has 0 fully saturated rings. The van der Waals surface area contributed by atoms with Crippen molar-refractivity contribution in [2.45, 2.75) is 13.1 Å². The number of aromatic nitrogens is 3. The van der Waals surface area contributed by atoms with Crippen LogP contribution >= 0.6 is 22.7 Å². The summed E-state index contributed by atoms with van der Waals surface area (Å²) in [6, 6.07) is 1.84. The summed E-state index contributed by atoms with van der Waals surface area (Å²) in [6.07, 6.45) is 1.76. The highest BCUT2D eigenvalue weighted by Crippen LogP contribution is 2.15. The van der Waals surface area contributed by atoms with E-state index in [1.807, 2.05) is 21.7 Å². The molecular formula is C13H14N4O2S2. The number of H-pyrrole nitrogens is 1. The number of fused-ring (bicyclic) bond motifs is 1. The number of hydrogen-bond acceptors (Lipinski definition) is 7. The number of aliphatic hydroxyl groups excluding tert-OH is 1. The number of hydrogen-bond donors (Lipinski definition) is 2. The SMILES string of the molecule is O=c1[nH]c(CN(CCO)Cc2nccs2)nc2ccsc12. The second kappa shape index (κ2) is 6.44. The molecular weight excluding hydrogens is 308 g/mol. The molecule has 21 heavy (non-hydrogen) atoms. The Morgan fingerprint density at radius 1 is 1.29 bits per heavy atom. The summed E-state index contributed by atoms with van der Waals surface area (Å²) in [7, 11) is 0. The van der Waals surface area contributed by atoms with Gasteiger partial charge in [0.1, 0.15) is 15.5 Å². The Balaban J connectivity index is 1.81. The van der Waals surface area contributed by atoms with Crippen molar-refractivity contribution in [1.82, 2.24) is 19.9 Å². The third-order valence-corrected chi connectivity index (χ3v) is 4.66. The number of nitrogens with one attached hydrogen (secondary N) is 1. The van der Waals surface area contributed by atoms with Crippen LogP contribution in [0.3, 0.4) is 0 Å². The molecule has 0 aliphatic carbocycles. The highest BCUT2D eigenvalue weighted by molar-refractivity contribution is 7.17. The lowest BCUT2D eigenvalue weighted by Crippen LogP contribution is -2.28. The number of aromatic amines is 1. The van der Waals surface area contributed by atoms with Crippen molar-refractivity contribution < 1.29 is 5.11 Å². The minimum atomic E-state index is -0.108. The molecule has 2 N–H and O–H groups in total. The molecule has 0 bridgehead atoms. The van der Waals surface area contributed by atoms with Gasteiger partial charge in [-0.2, -0.15) is 0 Å². The van der Waals surface area contributed by atoms with Crippen LogP contribution < -0.4 is 5.56 Å². The van der Waals surface area contributed by atoms with Crippen molar-refractivity contribution in [2.75, 3.05) is 13.2 Å². The summed E-state index contributed by atoms with van der Waals surface area (Å²) < 4.78 is 0.646. The van der Waals surface area contributed by atoms with E-state index in [1.165, 1.54) is 11.3 Å². The van der Waals surface area contributed by atoms with Crippen molar-refractivity contribution in [3.63, 3.8) is 0 Å². The monoisotopic (exact) mass is 322 g/mol. The molecule has 0 aromatic carbocycles. The van der Waals surface area contributed by atoms with Crippen LogP contribution in [0.2, 0.25) is 0 Å². The first kappa shape index (κ1) is 14.3. The Labute approximate surface area is 128 Å². The molecule has 3 heterocycles. The molecule has 0 saturated heterocycles. The lowest BCUT2D eigenvalue weighted by molar-refractivity contribution is 0.181.